The monoisotopic (exact) mass is 306 g/mol. The Balaban J connectivity index is -0.00000000396. The third-order valence-electron chi connectivity index (χ3n) is 0. The maximum absolute atomic E-state index is 6.50. The van der Waals surface area contributed by atoms with Crippen LogP contribution in [0.4, 0.5) is 0 Å². The van der Waals surface area contributed by atoms with Gasteiger partial charge in [0.25, 0.3) is 0 Å². The average molecular weight is 307 g/mol. The summed E-state index contributed by atoms with van der Waals surface area (Å²) in [7, 11) is 0. The van der Waals surface area contributed by atoms with Gasteiger partial charge in [0.1, 0.15) is 0 Å². The van der Waals surface area contributed by atoms with E-state index >= 15 is 0 Å². The van der Waals surface area contributed by atoms with E-state index in [-0.39, 0.29) is 66.1 Å². The van der Waals surface area contributed by atoms with Crippen LogP contribution in [-0.4, -0.2) is 29.6 Å². The van der Waals surface area contributed by atoms with Gasteiger partial charge in [0.05, 0.1) is 0 Å². The summed E-state index contributed by atoms with van der Waals surface area (Å²) in [5, 5.41) is 39.0. The fourth-order valence-electron chi connectivity index (χ4n) is 0. The van der Waals surface area contributed by atoms with Crippen molar-refractivity contribution >= 4 is 29.6 Å². The first-order valence-electron chi connectivity index (χ1n) is 1.55. The molecule has 0 aromatic heterocycles. The fourth-order valence-corrected chi connectivity index (χ4v) is 0. The molecule has 0 N–H and O–H groups in total. The van der Waals surface area contributed by atoms with Crippen LogP contribution in [0.15, 0.2) is 0 Å². The van der Waals surface area contributed by atoms with E-state index in [1.54, 1.807) is 0 Å². The molecule has 9 heteroatoms. The minimum Gasteiger partial charge on any atom is 0 e. The van der Waals surface area contributed by atoms with Crippen LogP contribution in [0.3, 0.4) is 0 Å². The van der Waals surface area contributed by atoms with Gasteiger partial charge in [-0.3, -0.25) is 0 Å². The van der Waals surface area contributed by atoms with Crippen LogP contribution < -0.4 is 0 Å². The van der Waals surface area contributed by atoms with E-state index in [4.69, 9.17) is 31.6 Å². The molecule has 0 rings (SSSR count). The van der Waals surface area contributed by atoms with Gasteiger partial charge in [0.15, 0.2) is 0 Å². The minimum absolute atomic E-state index is 0. The van der Waals surface area contributed by atoms with Crippen molar-refractivity contribution < 1.29 is 36.5 Å². The van der Waals surface area contributed by atoms with Crippen molar-refractivity contribution in [1.82, 2.24) is 0 Å². The van der Waals surface area contributed by atoms with Crippen molar-refractivity contribution in [3.63, 3.8) is 0 Å². The van der Waals surface area contributed by atoms with Gasteiger partial charge in [-0.05, 0) is 0 Å². The van der Waals surface area contributed by atoms with Crippen molar-refractivity contribution in [3.05, 3.63) is 0 Å². The maximum atomic E-state index is 6.50. The van der Waals surface area contributed by atoms with Crippen molar-refractivity contribution in [2.75, 3.05) is 0 Å². The molecule has 0 amide bonds. The summed E-state index contributed by atoms with van der Waals surface area (Å²) in [6, 6.07) is 0. The molecule has 0 spiro atoms. The van der Waals surface area contributed by atoms with Crippen LogP contribution in [0.2, 0.25) is 0 Å². The van der Waals surface area contributed by atoms with Gasteiger partial charge in [-0.1, -0.05) is 0 Å². The molecule has 0 aliphatic carbocycles. The van der Waals surface area contributed by atoms with Crippen molar-refractivity contribution in [2.24, 2.45) is 0 Å². The molecule has 0 atom stereocenters. The van der Waals surface area contributed by atoms with E-state index < -0.39 is 0 Å². The Morgan fingerprint density at radius 2 is 0.400 bits per heavy atom. The molecule has 0 aromatic rings. The second-order valence-electron chi connectivity index (χ2n) is 0. The molecule has 72 valence electrons. The first kappa shape index (κ1) is 93.3. The average Bonchev–Trinajstić information content (AvgIpc) is 2.33. The Morgan fingerprint density at radius 3 is 0.400 bits per heavy atom. The first-order valence-corrected chi connectivity index (χ1v) is 1.55. The zero-order valence-corrected chi connectivity index (χ0v) is 11.3. The van der Waals surface area contributed by atoms with Crippen molar-refractivity contribution in [2.45, 2.75) is 0 Å². The van der Waals surface area contributed by atoms with Crippen molar-refractivity contribution in [3.8, 4) is 39.4 Å². The molecule has 0 fully saturated rings. The van der Waals surface area contributed by atoms with Gasteiger partial charge in [-0.25, -0.2) is 31.6 Å². The largest absolute Gasteiger partial charge is 0 e. The van der Waals surface area contributed by atoms with Gasteiger partial charge < -0.3 is 0 Å². The van der Waals surface area contributed by atoms with Crippen LogP contribution in [0.1, 0.15) is 0 Å². The fraction of sp³-hybridized carbons (Fsp3) is 0. The Morgan fingerprint density at radius 1 is 0.400 bits per heavy atom. The second-order valence-corrected chi connectivity index (χ2v) is 0. The molecule has 0 aromatic carbocycles. The second kappa shape index (κ2) is 2270. The van der Waals surface area contributed by atoms with E-state index in [1.807, 2.05) is 0 Å². The van der Waals surface area contributed by atoms with Gasteiger partial charge in [-0.2, -0.15) is 0 Å². The summed E-state index contributed by atoms with van der Waals surface area (Å²) < 4.78 is 0. The topological polar surface area (TPSA) is 143 Å². The SMILES string of the molecule is C#N.C#N.C#N.C#N.C#N.C#N.[Fe].[NaH].[Zn]. The first-order chi connectivity index (χ1) is 6.00. The zero-order valence-electron chi connectivity index (χ0n) is 7.21. The van der Waals surface area contributed by atoms with Crippen LogP contribution in [0.25, 0.3) is 0 Å². The quantitative estimate of drug-likeness (QED) is 0.584. The third-order valence-corrected chi connectivity index (χ3v) is 0. The van der Waals surface area contributed by atoms with Gasteiger partial charge in [0.2, 0.25) is 0 Å². The number of rotatable bonds is 0. The van der Waals surface area contributed by atoms with Gasteiger partial charge >= 0.3 is 29.6 Å². The zero-order chi connectivity index (χ0) is 12.0. The van der Waals surface area contributed by atoms with Gasteiger partial charge in [0, 0.05) is 76.0 Å². The molecule has 0 aliphatic rings. The number of hydrogen-bond acceptors (Lipinski definition) is 6. The molecule has 0 saturated heterocycles. The van der Waals surface area contributed by atoms with Crippen LogP contribution in [-0.2, 0) is 36.5 Å². The molecule has 0 aliphatic heterocycles. The smallest absolute Gasteiger partial charge is 0 e. The van der Waals surface area contributed by atoms with Crippen LogP contribution in [0.5, 0.6) is 0 Å². The Hall–Kier alpha value is -0.917. The Kier molecular flexibility index (Phi) is 14100. The predicted octanol–water partition coefficient (Wildman–Crippen LogP) is 0.185. The summed E-state index contributed by atoms with van der Waals surface area (Å²) in [4.78, 5) is 0. The molecule has 15 heavy (non-hydrogen) atoms. The standard InChI is InChI=1S/6CHN.Fe.Na.Zn.H/c6*1-2;;;;/h6*1H;;;;. The molecule has 0 radical (unpaired) electrons. The van der Waals surface area contributed by atoms with E-state index in [2.05, 4.69) is 39.4 Å². The summed E-state index contributed by atoms with van der Waals surface area (Å²) in [5.74, 6) is 0. The van der Waals surface area contributed by atoms with Crippen LogP contribution in [0, 0.1) is 71.0 Å². The predicted molar refractivity (Wildman–Crippen MR) is 47.2 cm³/mol. The Bertz CT molecular complexity index is 103. The van der Waals surface area contributed by atoms with E-state index in [0.717, 1.165) is 0 Å². The van der Waals surface area contributed by atoms with Crippen LogP contribution >= 0.6 is 0 Å². The van der Waals surface area contributed by atoms with E-state index in [9.17, 15) is 0 Å². The number of nitriles is 6. The van der Waals surface area contributed by atoms with E-state index in [0.29, 0.717) is 0 Å². The molecule has 6 nitrogen and oxygen atoms in total. The summed E-state index contributed by atoms with van der Waals surface area (Å²) in [6.07, 6.45) is 0. The molecule has 0 unspecified atom stereocenters. The third kappa shape index (κ3) is 1910. The maximum Gasteiger partial charge on any atom is 0 e. The minimum atomic E-state index is 0. The summed E-state index contributed by atoms with van der Waals surface area (Å²) in [6.45, 7) is 21.0. The Labute approximate surface area is 136 Å². The summed E-state index contributed by atoms with van der Waals surface area (Å²) in [5.41, 5.74) is 0. The molecule has 0 heterocycles. The number of nitrogens with zero attached hydrogens (tertiary/aromatic N) is 6. The molecule has 0 bridgehead atoms. The number of hydrogen-bond donors (Lipinski definition) is 0. The van der Waals surface area contributed by atoms with Gasteiger partial charge in [-0.15, -0.1) is 0 Å². The van der Waals surface area contributed by atoms with E-state index in [1.165, 1.54) is 0 Å². The van der Waals surface area contributed by atoms with Crippen molar-refractivity contribution in [1.29, 1.82) is 31.6 Å². The normalized spacial score (nSPS) is 0.800. The molecule has 0 saturated carbocycles. The molecular weight excluding hydrogens is 300 g/mol. The summed E-state index contributed by atoms with van der Waals surface area (Å²) >= 11 is 0. The molecular formula is C6H7FeN6NaZn.